The van der Waals surface area contributed by atoms with E-state index in [0.29, 0.717) is 5.92 Å². The van der Waals surface area contributed by atoms with Gasteiger partial charge in [0.25, 0.3) is 0 Å². The van der Waals surface area contributed by atoms with Crippen LogP contribution in [0.25, 0.3) is 0 Å². The van der Waals surface area contributed by atoms with Crippen molar-refractivity contribution in [3.63, 3.8) is 0 Å². The van der Waals surface area contributed by atoms with Crippen LogP contribution in [0, 0.1) is 5.92 Å². The molecule has 0 fully saturated rings. The van der Waals surface area contributed by atoms with Crippen molar-refractivity contribution in [1.29, 1.82) is 0 Å². The van der Waals surface area contributed by atoms with Crippen molar-refractivity contribution in [2.45, 2.75) is 20.3 Å². The van der Waals surface area contributed by atoms with Gasteiger partial charge in [-0.3, -0.25) is 0 Å². The minimum atomic E-state index is 0.662. The fourth-order valence-corrected chi connectivity index (χ4v) is 1.13. The zero-order chi connectivity index (χ0) is 7.40. The van der Waals surface area contributed by atoms with Crippen LogP contribution >= 0.6 is 0 Å². The van der Waals surface area contributed by atoms with Crippen molar-refractivity contribution in [2.75, 3.05) is 0 Å². The fourth-order valence-electron chi connectivity index (χ4n) is 1.13. The van der Waals surface area contributed by atoms with Crippen molar-refractivity contribution >= 4 is 0 Å². The first kappa shape index (κ1) is 7.33. The maximum atomic E-state index is 2.26. The van der Waals surface area contributed by atoms with E-state index in [1.165, 1.54) is 12.0 Å². The second-order valence-corrected chi connectivity index (χ2v) is 2.69. The Morgan fingerprint density at radius 2 is 2.30 bits per heavy atom. The van der Waals surface area contributed by atoms with Gasteiger partial charge < -0.3 is 0 Å². The average Bonchev–Trinajstić information content (AvgIpc) is 2.05. The minimum Gasteiger partial charge on any atom is -0.0881 e. The van der Waals surface area contributed by atoms with Crippen molar-refractivity contribution in [3.05, 3.63) is 36.0 Å². The Morgan fingerprint density at radius 1 is 1.50 bits per heavy atom. The van der Waals surface area contributed by atoms with Gasteiger partial charge >= 0.3 is 0 Å². The van der Waals surface area contributed by atoms with Crippen LogP contribution < -0.4 is 0 Å². The summed E-state index contributed by atoms with van der Waals surface area (Å²) in [6.45, 7) is 4.29. The Balaban J connectivity index is 2.59. The molecule has 1 rings (SSSR count). The average molecular weight is 134 g/mol. The summed E-state index contributed by atoms with van der Waals surface area (Å²) in [6.07, 6.45) is 12.1. The van der Waals surface area contributed by atoms with Crippen LogP contribution in [-0.2, 0) is 0 Å². The third kappa shape index (κ3) is 1.60. The molecule has 0 bridgehead atoms. The van der Waals surface area contributed by atoms with Gasteiger partial charge in [-0.25, -0.2) is 0 Å². The van der Waals surface area contributed by atoms with Crippen LogP contribution in [-0.4, -0.2) is 0 Å². The summed E-state index contributed by atoms with van der Waals surface area (Å²) in [6, 6.07) is 0. The maximum absolute atomic E-state index is 2.26. The van der Waals surface area contributed by atoms with Crippen LogP contribution in [0.2, 0.25) is 0 Å². The quantitative estimate of drug-likeness (QED) is 0.483. The van der Waals surface area contributed by atoms with E-state index in [9.17, 15) is 0 Å². The van der Waals surface area contributed by atoms with Crippen LogP contribution in [0.1, 0.15) is 20.3 Å². The monoisotopic (exact) mass is 134 g/mol. The van der Waals surface area contributed by atoms with Gasteiger partial charge in [0.1, 0.15) is 0 Å². The number of hydrogen-bond donors (Lipinski definition) is 0. The summed E-state index contributed by atoms with van der Waals surface area (Å²) in [4.78, 5) is 0. The van der Waals surface area contributed by atoms with E-state index in [1.54, 1.807) is 0 Å². The van der Waals surface area contributed by atoms with Gasteiger partial charge in [0.05, 0.1) is 0 Å². The van der Waals surface area contributed by atoms with E-state index >= 15 is 0 Å². The van der Waals surface area contributed by atoms with Crippen LogP contribution in [0.4, 0.5) is 0 Å². The Bertz CT molecular complexity index is 182. The lowest BCUT2D eigenvalue weighted by Crippen LogP contribution is -1.98. The molecule has 0 nitrogen and oxygen atoms in total. The lowest BCUT2D eigenvalue weighted by Gasteiger charge is -2.12. The molecule has 1 atom stereocenters. The molecule has 1 aliphatic rings. The largest absolute Gasteiger partial charge is 0.0881 e. The first-order chi connectivity index (χ1) is 4.84. The van der Waals surface area contributed by atoms with Crippen LogP contribution in [0.3, 0.4) is 0 Å². The molecule has 0 aromatic carbocycles. The van der Waals surface area contributed by atoms with E-state index in [0.717, 1.165) is 0 Å². The predicted octanol–water partition coefficient (Wildman–Crippen LogP) is 3.08. The molecule has 0 saturated carbocycles. The summed E-state index contributed by atoms with van der Waals surface area (Å²) in [5.74, 6) is 0.662. The zero-order valence-electron chi connectivity index (χ0n) is 6.67. The summed E-state index contributed by atoms with van der Waals surface area (Å²) >= 11 is 0. The molecule has 0 N–H and O–H groups in total. The molecule has 0 heterocycles. The molecular formula is C10H14. The standard InChI is InChI=1S/C10H14/c1-3-9(2)10-7-5-4-6-8-10/h3-7,10H,8H2,1-2H3/b9-3+. The zero-order valence-corrected chi connectivity index (χ0v) is 6.67. The van der Waals surface area contributed by atoms with Crippen molar-refractivity contribution < 1.29 is 0 Å². The number of rotatable bonds is 1. The van der Waals surface area contributed by atoms with Gasteiger partial charge in [-0.15, -0.1) is 0 Å². The molecule has 10 heavy (non-hydrogen) atoms. The van der Waals surface area contributed by atoms with Crippen molar-refractivity contribution in [2.24, 2.45) is 5.92 Å². The molecule has 1 unspecified atom stereocenters. The molecule has 0 aliphatic heterocycles. The third-order valence-corrected chi connectivity index (χ3v) is 2.02. The van der Waals surface area contributed by atoms with Gasteiger partial charge in [0, 0.05) is 5.92 Å². The van der Waals surface area contributed by atoms with Gasteiger partial charge in [-0.1, -0.05) is 36.0 Å². The molecule has 0 radical (unpaired) electrons. The molecule has 0 saturated heterocycles. The van der Waals surface area contributed by atoms with E-state index in [4.69, 9.17) is 0 Å². The highest BCUT2D eigenvalue weighted by Gasteiger charge is 2.04. The highest BCUT2D eigenvalue weighted by molar-refractivity contribution is 5.19. The molecule has 0 spiro atoms. The second-order valence-electron chi connectivity index (χ2n) is 2.69. The Labute approximate surface area is 62.9 Å². The Hall–Kier alpha value is -0.780. The van der Waals surface area contributed by atoms with Crippen molar-refractivity contribution in [3.8, 4) is 0 Å². The Morgan fingerprint density at radius 3 is 2.80 bits per heavy atom. The van der Waals surface area contributed by atoms with E-state index in [2.05, 4.69) is 44.2 Å². The first-order valence-corrected chi connectivity index (χ1v) is 3.80. The van der Waals surface area contributed by atoms with Gasteiger partial charge in [0.15, 0.2) is 0 Å². The van der Waals surface area contributed by atoms with Gasteiger partial charge in [-0.05, 0) is 20.3 Å². The SMILES string of the molecule is C/C=C(\C)C1C=CC=CC1. The molecule has 0 aromatic rings. The smallest absolute Gasteiger partial charge is 0.00116 e. The van der Waals surface area contributed by atoms with Crippen molar-refractivity contribution in [1.82, 2.24) is 0 Å². The molecule has 0 amide bonds. The Kier molecular flexibility index (Phi) is 2.49. The highest BCUT2D eigenvalue weighted by atomic mass is 14.1. The van der Waals surface area contributed by atoms with E-state index in [-0.39, 0.29) is 0 Å². The lowest BCUT2D eigenvalue weighted by molar-refractivity contribution is 0.765. The first-order valence-electron chi connectivity index (χ1n) is 3.80. The molecule has 54 valence electrons. The minimum absolute atomic E-state index is 0.662. The van der Waals surface area contributed by atoms with E-state index in [1.807, 2.05) is 0 Å². The molecular weight excluding hydrogens is 120 g/mol. The second kappa shape index (κ2) is 3.40. The lowest BCUT2D eigenvalue weighted by atomic mass is 9.93. The van der Waals surface area contributed by atoms with E-state index < -0.39 is 0 Å². The maximum Gasteiger partial charge on any atom is 0.00116 e. The normalized spacial score (nSPS) is 25.4. The van der Waals surface area contributed by atoms with Gasteiger partial charge in [0.2, 0.25) is 0 Å². The fraction of sp³-hybridized carbons (Fsp3) is 0.400. The number of allylic oxidation sites excluding steroid dienone is 6. The molecule has 0 aromatic heterocycles. The predicted molar refractivity (Wildman–Crippen MR) is 45.8 cm³/mol. The third-order valence-electron chi connectivity index (χ3n) is 2.02. The van der Waals surface area contributed by atoms with Crippen LogP contribution in [0.5, 0.6) is 0 Å². The number of hydrogen-bond acceptors (Lipinski definition) is 0. The summed E-state index contributed by atoms with van der Waals surface area (Å²) in [5, 5.41) is 0. The topological polar surface area (TPSA) is 0 Å². The molecule has 0 heteroatoms. The highest BCUT2D eigenvalue weighted by Crippen LogP contribution is 2.19. The van der Waals surface area contributed by atoms with Crippen LogP contribution in [0.15, 0.2) is 36.0 Å². The molecule has 1 aliphatic carbocycles. The van der Waals surface area contributed by atoms with Gasteiger partial charge in [-0.2, -0.15) is 0 Å². The summed E-state index contributed by atoms with van der Waals surface area (Å²) < 4.78 is 0. The summed E-state index contributed by atoms with van der Waals surface area (Å²) in [5.41, 5.74) is 1.47. The summed E-state index contributed by atoms with van der Waals surface area (Å²) in [7, 11) is 0.